The molecule has 1 fully saturated rings. The van der Waals surface area contributed by atoms with Gasteiger partial charge >= 0.3 is 0 Å². The lowest BCUT2D eigenvalue weighted by Crippen LogP contribution is -2.25. The van der Waals surface area contributed by atoms with Gasteiger partial charge < -0.3 is 9.80 Å². The van der Waals surface area contributed by atoms with Gasteiger partial charge in [-0.2, -0.15) is 0 Å². The highest BCUT2D eigenvalue weighted by Gasteiger charge is 2.09. The second-order valence-corrected chi connectivity index (χ2v) is 3.82. The average Bonchev–Trinajstić information content (AvgIpc) is 2.80. The van der Waals surface area contributed by atoms with Crippen LogP contribution in [-0.4, -0.2) is 35.3 Å². The van der Waals surface area contributed by atoms with E-state index in [2.05, 4.69) is 4.90 Å². The molecular weight excluding hydrogens is 188 g/mol. The Bertz CT molecular complexity index is 312. The lowest BCUT2D eigenvalue weighted by Gasteiger charge is -2.17. The summed E-state index contributed by atoms with van der Waals surface area (Å²) in [7, 11) is 0. The highest BCUT2D eigenvalue weighted by Crippen LogP contribution is 2.08. The van der Waals surface area contributed by atoms with Gasteiger partial charge in [-0.1, -0.05) is 12.2 Å². The smallest absolute Gasteiger partial charge is 0.252 e. The maximum Gasteiger partial charge on any atom is 0.252 e. The Balaban J connectivity index is 1.85. The molecule has 2 aliphatic rings. The molecule has 80 valence electrons. The second-order valence-electron chi connectivity index (χ2n) is 3.82. The van der Waals surface area contributed by atoms with Crippen molar-refractivity contribution in [1.29, 1.82) is 0 Å². The Morgan fingerprint density at radius 2 is 2.00 bits per heavy atom. The predicted molar refractivity (Wildman–Crippen MR) is 59.9 cm³/mol. The van der Waals surface area contributed by atoms with E-state index in [0.717, 1.165) is 13.1 Å². The number of hydrogen-bond donors (Lipinski definition) is 0. The highest BCUT2D eigenvalue weighted by molar-refractivity contribution is 5.88. The number of carbonyl (C=O) groups excluding carboxylic acids is 1. The molecule has 0 radical (unpaired) electrons. The van der Waals surface area contributed by atoms with E-state index in [1.807, 2.05) is 30.6 Å². The number of likely N-dealkylation sites (tertiary alicyclic amines) is 1. The third kappa shape index (κ3) is 2.72. The van der Waals surface area contributed by atoms with E-state index in [4.69, 9.17) is 0 Å². The van der Waals surface area contributed by atoms with Crippen molar-refractivity contribution in [2.24, 2.45) is 0 Å². The summed E-state index contributed by atoms with van der Waals surface area (Å²) in [5, 5.41) is 0. The zero-order valence-corrected chi connectivity index (χ0v) is 8.80. The van der Waals surface area contributed by atoms with Crippen molar-refractivity contribution in [2.75, 3.05) is 19.6 Å². The Hall–Kier alpha value is -1.51. The molecule has 2 rings (SSSR count). The Morgan fingerprint density at radius 1 is 1.20 bits per heavy atom. The molecule has 15 heavy (non-hydrogen) atoms. The minimum atomic E-state index is 0.0579. The molecule has 0 spiro atoms. The van der Waals surface area contributed by atoms with Crippen molar-refractivity contribution in [3.05, 3.63) is 36.7 Å². The Morgan fingerprint density at radius 3 is 2.67 bits per heavy atom. The van der Waals surface area contributed by atoms with E-state index in [1.165, 1.54) is 12.8 Å². The van der Waals surface area contributed by atoms with Gasteiger partial charge in [0.1, 0.15) is 0 Å². The quantitative estimate of drug-likeness (QED) is 0.636. The Labute approximate surface area is 90.4 Å². The molecule has 0 atom stereocenters. The SMILES string of the molecule is O=C(C=CN1CCCC1)N1C=CC=CC1. The number of rotatable bonds is 2. The summed E-state index contributed by atoms with van der Waals surface area (Å²) in [4.78, 5) is 15.6. The molecule has 1 amide bonds. The minimum Gasteiger partial charge on any atom is -0.377 e. The maximum atomic E-state index is 11.7. The van der Waals surface area contributed by atoms with Crippen LogP contribution in [0.1, 0.15) is 12.8 Å². The van der Waals surface area contributed by atoms with Gasteiger partial charge in [-0.05, 0) is 18.9 Å². The van der Waals surface area contributed by atoms with Gasteiger partial charge in [0.25, 0.3) is 5.91 Å². The van der Waals surface area contributed by atoms with Crippen LogP contribution >= 0.6 is 0 Å². The first-order valence-corrected chi connectivity index (χ1v) is 5.42. The van der Waals surface area contributed by atoms with E-state index in [0.29, 0.717) is 6.54 Å². The van der Waals surface area contributed by atoms with Gasteiger partial charge in [0.15, 0.2) is 0 Å². The summed E-state index contributed by atoms with van der Waals surface area (Å²) in [5.74, 6) is 0.0579. The molecule has 2 heterocycles. The lowest BCUT2D eigenvalue weighted by molar-refractivity contribution is -0.123. The van der Waals surface area contributed by atoms with E-state index in [9.17, 15) is 4.79 Å². The summed E-state index contributed by atoms with van der Waals surface area (Å²) in [6, 6.07) is 0. The number of allylic oxidation sites excluding steroid dienone is 2. The lowest BCUT2D eigenvalue weighted by atomic mass is 10.3. The molecule has 1 saturated heterocycles. The summed E-state index contributed by atoms with van der Waals surface area (Å²) < 4.78 is 0. The third-order valence-corrected chi connectivity index (χ3v) is 2.67. The summed E-state index contributed by atoms with van der Waals surface area (Å²) in [6.07, 6.45) is 13.7. The van der Waals surface area contributed by atoms with Crippen LogP contribution in [0.5, 0.6) is 0 Å². The van der Waals surface area contributed by atoms with E-state index in [1.54, 1.807) is 11.0 Å². The standard InChI is InChI=1S/C12H16N2O/c15-12(14-9-2-1-3-10-14)6-11-13-7-4-5-8-13/h1-3,6,9,11H,4-5,7-8,10H2. The molecule has 0 bridgehead atoms. The monoisotopic (exact) mass is 204 g/mol. The van der Waals surface area contributed by atoms with Crippen molar-refractivity contribution < 1.29 is 4.79 Å². The normalized spacial score (nSPS) is 20.5. The number of carbonyl (C=O) groups is 1. The first kappa shape index (κ1) is 10.0. The molecule has 0 saturated carbocycles. The first-order valence-electron chi connectivity index (χ1n) is 5.42. The number of amides is 1. The first-order chi connectivity index (χ1) is 7.36. The molecule has 2 aliphatic heterocycles. The van der Waals surface area contributed by atoms with Crippen molar-refractivity contribution in [2.45, 2.75) is 12.8 Å². The van der Waals surface area contributed by atoms with E-state index < -0.39 is 0 Å². The van der Waals surface area contributed by atoms with Crippen molar-refractivity contribution in [1.82, 2.24) is 9.80 Å². The molecule has 3 heteroatoms. The molecule has 0 aromatic carbocycles. The van der Waals surface area contributed by atoms with Crippen LogP contribution in [0.2, 0.25) is 0 Å². The average molecular weight is 204 g/mol. The fraction of sp³-hybridized carbons (Fsp3) is 0.417. The van der Waals surface area contributed by atoms with Crippen LogP contribution in [-0.2, 0) is 4.79 Å². The summed E-state index contributed by atoms with van der Waals surface area (Å²) in [5.41, 5.74) is 0. The molecule has 3 nitrogen and oxygen atoms in total. The van der Waals surface area contributed by atoms with Crippen molar-refractivity contribution >= 4 is 5.91 Å². The molecule has 0 aromatic rings. The molecule has 0 N–H and O–H groups in total. The zero-order chi connectivity index (χ0) is 10.5. The fourth-order valence-corrected chi connectivity index (χ4v) is 1.79. The van der Waals surface area contributed by atoms with Crippen LogP contribution in [0.3, 0.4) is 0 Å². The van der Waals surface area contributed by atoms with E-state index in [-0.39, 0.29) is 5.91 Å². The molecule has 0 unspecified atom stereocenters. The molecule has 0 aromatic heterocycles. The fourth-order valence-electron chi connectivity index (χ4n) is 1.79. The molecule has 0 aliphatic carbocycles. The van der Waals surface area contributed by atoms with Crippen LogP contribution in [0.4, 0.5) is 0 Å². The summed E-state index contributed by atoms with van der Waals surface area (Å²) in [6.45, 7) is 2.85. The van der Waals surface area contributed by atoms with Gasteiger partial charge in [0.05, 0.1) is 0 Å². The van der Waals surface area contributed by atoms with Crippen LogP contribution in [0.15, 0.2) is 36.7 Å². The topological polar surface area (TPSA) is 23.6 Å². The van der Waals surface area contributed by atoms with Gasteiger partial charge in [-0.25, -0.2) is 0 Å². The van der Waals surface area contributed by atoms with Crippen molar-refractivity contribution in [3.63, 3.8) is 0 Å². The van der Waals surface area contributed by atoms with Crippen molar-refractivity contribution in [3.8, 4) is 0 Å². The van der Waals surface area contributed by atoms with Gasteiger partial charge in [-0.3, -0.25) is 4.79 Å². The minimum absolute atomic E-state index is 0.0579. The zero-order valence-electron chi connectivity index (χ0n) is 8.80. The van der Waals surface area contributed by atoms with Crippen LogP contribution in [0.25, 0.3) is 0 Å². The largest absolute Gasteiger partial charge is 0.377 e. The van der Waals surface area contributed by atoms with Gasteiger partial charge in [-0.15, -0.1) is 0 Å². The predicted octanol–water partition coefficient (Wildman–Crippen LogP) is 1.51. The van der Waals surface area contributed by atoms with Gasteiger partial charge in [0.2, 0.25) is 0 Å². The number of hydrogen-bond acceptors (Lipinski definition) is 2. The van der Waals surface area contributed by atoms with Crippen LogP contribution in [0, 0.1) is 0 Å². The summed E-state index contributed by atoms with van der Waals surface area (Å²) >= 11 is 0. The van der Waals surface area contributed by atoms with E-state index >= 15 is 0 Å². The Kier molecular flexibility index (Phi) is 3.22. The van der Waals surface area contributed by atoms with Crippen LogP contribution < -0.4 is 0 Å². The third-order valence-electron chi connectivity index (χ3n) is 2.67. The maximum absolute atomic E-state index is 11.7. The molecular formula is C12H16N2O. The number of nitrogens with zero attached hydrogens (tertiary/aromatic N) is 2. The second kappa shape index (κ2) is 4.82. The highest BCUT2D eigenvalue weighted by atomic mass is 16.2. The van der Waals surface area contributed by atoms with Gasteiger partial charge in [0, 0.05) is 38.1 Å².